The molecule has 2 rings (SSSR count). The third-order valence-corrected chi connectivity index (χ3v) is 6.31. The molecule has 0 unspecified atom stereocenters. The minimum atomic E-state index is -0.133. The van der Waals surface area contributed by atoms with Crippen LogP contribution in [0, 0.1) is 5.92 Å². The van der Waals surface area contributed by atoms with Gasteiger partial charge in [-0.1, -0.05) is 6.42 Å². The Morgan fingerprint density at radius 2 is 1.75 bits per heavy atom. The SMILES string of the molecule is CN=C(NCCCCN1CCC(C(N)=O)CC1)NCC(C)(C)N1CCCCC1. The number of carbonyl (C=O) groups excluding carboxylic acids is 1. The number of nitrogens with zero attached hydrogens (tertiary/aromatic N) is 3. The van der Waals surface area contributed by atoms with Crippen molar-refractivity contribution in [2.45, 2.75) is 64.3 Å². The highest BCUT2D eigenvalue weighted by molar-refractivity contribution is 5.79. The van der Waals surface area contributed by atoms with E-state index in [1.165, 1.54) is 32.4 Å². The van der Waals surface area contributed by atoms with Gasteiger partial charge in [-0.15, -0.1) is 0 Å². The molecule has 28 heavy (non-hydrogen) atoms. The second kappa shape index (κ2) is 11.6. The zero-order valence-corrected chi connectivity index (χ0v) is 18.3. The minimum absolute atomic E-state index is 0.0847. The summed E-state index contributed by atoms with van der Waals surface area (Å²) in [6, 6.07) is 0. The van der Waals surface area contributed by atoms with Gasteiger partial charge in [0, 0.05) is 31.6 Å². The lowest BCUT2D eigenvalue weighted by atomic mass is 9.96. The minimum Gasteiger partial charge on any atom is -0.369 e. The maximum absolute atomic E-state index is 11.2. The van der Waals surface area contributed by atoms with E-state index >= 15 is 0 Å². The van der Waals surface area contributed by atoms with E-state index in [9.17, 15) is 4.79 Å². The number of likely N-dealkylation sites (tertiary alicyclic amines) is 2. The van der Waals surface area contributed by atoms with E-state index in [1.807, 2.05) is 7.05 Å². The number of nitrogens with one attached hydrogen (secondary N) is 2. The second-order valence-corrected chi connectivity index (χ2v) is 8.94. The van der Waals surface area contributed by atoms with E-state index in [0.717, 1.165) is 64.4 Å². The van der Waals surface area contributed by atoms with Crippen molar-refractivity contribution in [2.24, 2.45) is 16.6 Å². The molecule has 7 nitrogen and oxygen atoms in total. The first-order chi connectivity index (χ1) is 13.4. The topological polar surface area (TPSA) is 86.0 Å². The number of primary amides is 1. The van der Waals surface area contributed by atoms with Crippen LogP contribution in [0.1, 0.15) is 58.8 Å². The molecule has 2 fully saturated rings. The van der Waals surface area contributed by atoms with Crippen LogP contribution in [0.2, 0.25) is 0 Å². The van der Waals surface area contributed by atoms with Crippen molar-refractivity contribution >= 4 is 11.9 Å². The van der Waals surface area contributed by atoms with Gasteiger partial charge in [0.05, 0.1) is 0 Å². The number of guanidine groups is 1. The molecule has 7 heteroatoms. The Hall–Kier alpha value is -1.34. The summed E-state index contributed by atoms with van der Waals surface area (Å²) in [6.45, 7) is 12.0. The van der Waals surface area contributed by atoms with E-state index in [4.69, 9.17) is 5.73 Å². The first-order valence-electron chi connectivity index (χ1n) is 11.1. The first-order valence-corrected chi connectivity index (χ1v) is 11.1. The molecule has 0 aromatic carbocycles. The predicted molar refractivity (Wildman–Crippen MR) is 116 cm³/mol. The Labute approximate surface area is 171 Å². The van der Waals surface area contributed by atoms with Gasteiger partial charge in [0.25, 0.3) is 0 Å². The van der Waals surface area contributed by atoms with Gasteiger partial charge >= 0.3 is 0 Å². The Morgan fingerprint density at radius 3 is 2.36 bits per heavy atom. The fourth-order valence-corrected chi connectivity index (χ4v) is 4.24. The highest BCUT2D eigenvalue weighted by Gasteiger charge is 2.28. The number of nitrogens with two attached hydrogens (primary N) is 1. The van der Waals surface area contributed by atoms with Crippen molar-refractivity contribution in [3.05, 3.63) is 0 Å². The van der Waals surface area contributed by atoms with Crippen LogP contribution in [0.15, 0.2) is 4.99 Å². The zero-order chi connectivity index (χ0) is 20.4. The van der Waals surface area contributed by atoms with Gasteiger partial charge in [-0.25, -0.2) is 0 Å². The van der Waals surface area contributed by atoms with Gasteiger partial charge in [0.1, 0.15) is 0 Å². The van der Waals surface area contributed by atoms with Crippen LogP contribution in [0.25, 0.3) is 0 Å². The molecule has 0 aromatic heterocycles. The second-order valence-electron chi connectivity index (χ2n) is 8.94. The maximum Gasteiger partial charge on any atom is 0.220 e. The third-order valence-electron chi connectivity index (χ3n) is 6.31. The zero-order valence-electron chi connectivity index (χ0n) is 18.3. The Kier molecular flexibility index (Phi) is 9.51. The fourth-order valence-electron chi connectivity index (χ4n) is 4.24. The predicted octanol–water partition coefficient (Wildman–Crippen LogP) is 1.39. The lowest BCUT2D eigenvalue weighted by Gasteiger charge is -2.41. The lowest BCUT2D eigenvalue weighted by molar-refractivity contribution is -0.123. The standard InChI is InChI=1S/C21H42N6O/c1-21(2,27-13-6-4-7-14-27)17-25-20(23-3)24-11-5-8-12-26-15-9-18(10-16-26)19(22)28/h18H,4-17H2,1-3H3,(H2,22,28)(H2,23,24,25). The number of carbonyl (C=O) groups is 1. The first kappa shape index (κ1) is 22.9. The lowest BCUT2D eigenvalue weighted by Crippen LogP contribution is -2.54. The molecule has 162 valence electrons. The number of hydrogen-bond donors (Lipinski definition) is 3. The van der Waals surface area contributed by atoms with E-state index < -0.39 is 0 Å². The van der Waals surface area contributed by atoms with Gasteiger partial charge in [-0.05, 0) is 85.1 Å². The summed E-state index contributed by atoms with van der Waals surface area (Å²) < 4.78 is 0. The molecule has 2 heterocycles. The highest BCUT2D eigenvalue weighted by atomic mass is 16.1. The number of amides is 1. The van der Waals surface area contributed by atoms with Gasteiger partial charge in [-0.3, -0.25) is 14.7 Å². The molecule has 0 aliphatic carbocycles. The molecule has 0 spiro atoms. The van der Waals surface area contributed by atoms with E-state index in [1.54, 1.807) is 0 Å². The number of piperidine rings is 2. The van der Waals surface area contributed by atoms with Gasteiger partial charge in [-0.2, -0.15) is 0 Å². The summed E-state index contributed by atoms with van der Waals surface area (Å²) >= 11 is 0. The monoisotopic (exact) mass is 394 g/mol. The summed E-state index contributed by atoms with van der Waals surface area (Å²) in [7, 11) is 1.84. The van der Waals surface area contributed by atoms with Crippen molar-refractivity contribution in [2.75, 3.05) is 52.9 Å². The van der Waals surface area contributed by atoms with Crippen LogP contribution in [0.5, 0.6) is 0 Å². The number of rotatable bonds is 9. The Balaban J connectivity index is 1.56. The Bertz CT molecular complexity index is 493. The number of unbranched alkanes of at least 4 members (excludes halogenated alkanes) is 1. The average Bonchev–Trinajstić information content (AvgIpc) is 2.71. The number of aliphatic imine (C=N–C) groups is 1. The molecule has 4 N–H and O–H groups in total. The smallest absolute Gasteiger partial charge is 0.220 e. The molecular formula is C21H42N6O. The molecule has 0 atom stereocenters. The summed E-state index contributed by atoms with van der Waals surface area (Å²) in [5.41, 5.74) is 5.55. The summed E-state index contributed by atoms with van der Waals surface area (Å²) in [6.07, 6.45) is 8.10. The van der Waals surface area contributed by atoms with Crippen molar-refractivity contribution < 1.29 is 4.79 Å². The van der Waals surface area contributed by atoms with Gasteiger partial charge in [0.15, 0.2) is 5.96 Å². The van der Waals surface area contributed by atoms with Crippen LogP contribution in [0.4, 0.5) is 0 Å². The van der Waals surface area contributed by atoms with Crippen molar-refractivity contribution in [3.63, 3.8) is 0 Å². The molecule has 0 radical (unpaired) electrons. The third kappa shape index (κ3) is 7.59. The largest absolute Gasteiger partial charge is 0.369 e. The summed E-state index contributed by atoms with van der Waals surface area (Å²) in [4.78, 5) is 20.7. The van der Waals surface area contributed by atoms with Crippen molar-refractivity contribution in [3.8, 4) is 0 Å². The number of hydrogen-bond acceptors (Lipinski definition) is 4. The Morgan fingerprint density at radius 1 is 1.07 bits per heavy atom. The summed E-state index contributed by atoms with van der Waals surface area (Å²) in [5, 5.41) is 6.95. The fraction of sp³-hybridized carbons (Fsp3) is 0.905. The molecular weight excluding hydrogens is 352 g/mol. The van der Waals surface area contributed by atoms with E-state index in [2.05, 4.69) is 39.3 Å². The van der Waals surface area contributed by atoms with Crippen LogP contribution >= 0.6 is 0 Å². The van der Waals surface area contributed by atoms with Crippen LogP contribution in [-0.4, -0.2) is 80.1 Å². The highest BCUT2D eigenvalue weighted by Crippen LogP contribution is 2.20. The van der Waals surface area contributed by atoms with Gasteiger partial charge < -0.3 is 21.3 Å². The molecule has 0 bridgehead atoms. The average molecular weight is 395 g/mol. The maximum atomic E-state index is 11.2. The molecule has 2 aliphatic rings. The summed E-state index contributed by atoms with van der Waals surface area (Å²) in [5.74, 6) is 0.847. The van der Waals surface area contributed by atoms with Crippen LogP contribution in [0.3, 0.4) is 0 Å². The normalized spacial score (nSPS) is 20.9. The molecule has 2 saturated heterocycles. The molecule has 1 amide bonds. The molecule has 2 aliphatic heterocycles. The van der Waals surface area contributed by atoms with Crippen molar-refractivity contribution in [1.29, 1.82) is 0 Å². The van der Waals surface area contributed by atoms with Crippen molar-refractivity contribution in [1.82, 2.24) is 20.4 Å². The van der Waals surface area contributed by atoms with Crippen LogP contribution in [-0.2, 0) is 4.79 Å². The molecule has 0 saturated carbocycles. The van der Waals surface area contributed by atoms with Gasteiger partial charge in [0.2, 0.25) is 5.91 Å². The molecule has 0 aromatic rings. The van der Waals surface area contributed by atoms with Crippen LogP contribution < -0.4 is 16.4 Å². The quantitative estimate of drug-likeness (QED) is 0.313. The van der Waals surface area contributed by atoms with E-state index in [0.29, 0.717) is 0 Å². The van der Waals surface area contributed by atoms with E-state index in [-0.39, 0.29) is 17.4 Å².